The Labute approximate surface area is 155 Å². The van der Waals surface area contributed by atoms with Crippen LogP contribution in [-0.4, -0.2) is 26.2 Å². The lowest BCUT2D eigenvalue weighted by molar-refractivity contribution is -0.152. The molecule has 1 unspecified atom stereocenters. The molecule has 4 nitrogen and oxygen atoms in total. The van der Waals surface area contributed by atoms with Gasteiger partial charge in [-0.15, -0.1) is 0 Å². The van der Waals surface area contributed by atoms with Crippen molar-refractivity contribution in [3.63, 3.8) is 0 Å². The molecule has 0 aromatic heterocycles. The standard InChI is InChI=1S/C21H40O4/c1-4-5-6-7-8-9-10-11-12-13-14-15-16-17-19(21(23)25-3)18-20(22)24-2/h19H,4-18H2,1-3H3. The number of rotatable bonds is 17. The molecule has 0 heterocycles. The second-order valence-corrected chi connectivity index (χ2v) is 7.03. The molecule has 0 aliphatic rings. The first-order chi connectivity index (χ1) is 12.2. The largest absolute Gasteiger partial charge is 0.469 e. The summed E-state index contributed by atoms with van der Waals surface area (Å²) in [5.41, 5.74) is 0. The van der Waals surface area contributed by atoms with Crippen LogP contribution in [0.25, 0.3) is 0 Å². The van der Waals surface area contributed by atoms with Crippen molar-refractivity contribution in [1.82, 2.24) is 0 Å². The monoisotopic (exact) mass is 356 g/mol. The SMILES string of the molecule is CCCCCCCCCCCCCCCC(CC(=O)OC)C(=O)OC. The molecule has 0 aromatic rings. The van der Waals surface area contributed by atoms with E-state index in [2.05, 4.69) is 11.7 Å². The summed E-state index contributed by atoms with van der Waals surface area (Å²) >= 11 is 0. The molecule has 0 amide bonds. The Bertz CT molecular complexity index is 328. The molecule has 0 aliphatic heterocycles. The van der Waals surface area contributed by atoms with Crippen LogP contribution in [0.5, 0.6) is 0 Å². The molecule has 0 fully saturated rings. The highest BCUT2D eigenvalue weighted by Gasteiger charge is 2.22. The normalized spacial score (nSPS) is 12.0. The van der Waals surface area contributed by atoms with E-state index in [1.807, 2.05) is 0 Å². The highest BCUT2D eigenvalue weighted by atomic mass is 16.5. The predicted octanol–water partition coefficient (Wildman–Crippen LogP) is 5.82. The molecule has 0 saturated heterocycles. The van der Waals surface area contributed by atoms with Gasteiger partial charge in [-0.1, -0.05) is 90.4 Å². The van der Waals surface area contributed by atoms with Gasteiger partial charge in [0.25, 0.3) is 0 Å². The Morgan fingerprint density at radius 3 is 1.52 bits per heavy atom. The summed E-state index contributed by atoms with van der Waals surface area (Å²) in [4.78, 5) is 23.0. The Kier molecular flexibility index (Phi) is 17.0. The molecule has 4 heteroatoms. The fourth-order valence-electron chi connectivity index (χ4n) is 3.16. The molecule has 0 spiro atoms. The van der Waals surface area contributed by atoms with Crippen LogP contribution in [0.1, 0.15) is 103 Å². The number of ether oxygens (including phenoxy) is 2. The maximum atomic E-state index is 11.7. The van der Waals surface area contributed by atoms with Gasteiger partial charge >= 0.3 is 11.9 Å². The molecule has 0 radical (unpaired) electrons. The Morgan fingerprint density at radius 1 is 0.680 bits per heavy atom. The average molecular weight is 357 g/mol. The lowest BCUT2D eigenvalue weighted by Crippen LogP contribution is -2.20. The molecule has 148 valence electrons. The molecular weight excluding hydrogens is 316 g/mol. The summed E-state index contributed by atoms with van der Waals surface area (Å²) < 4.78 is 9.42. The lowest BCUT2D eigenvalue weighted by Gasteiger charge is -2.13. The summed E-state index contributed by atoms with van der Waals surface area (Å²) in [5.74, 6) is -1.00. The zero-order valence-corrected chi connectivity index (χ0v) is 16.8. The first-order valence-electron chi connectivity index (χ1n) is 10.3. The highest BCUT2D eigenvalue weighted by molar-refractivity contribution is 5.79. The Balaban J connectivity index is 3.51. The van der Waals surface area contributed by atoms with Gasteiger partial charge in [-0.2, -0.15) is 0 Å². The smallest absolute Gasteiger partial charge is 0.309 e. The lowest BCUT2D eigenvalue weighted by atomic mass is 9.97. The molecule has 0 N–H and O–H groups in total. The molecule has 0 bridgehead atoms. The van der Waals surface area contributed by atoms with Crippen LogP contribution in [0.3, 0.4) is 0 Å². The van der Waals surface area contributed by atoms with Gasteiger partial charge in [0.2, 0.25) is 0 Å². The van der Waals surface area contributed by atoms with E-state index in [0.717, 1.165) is 12.8 Å². The fourth-order valence-corrected chi connectivity index (χ4v) is 3.16. The van der Waals surface area contributed by atoms with Crippen LogP contribution in [-0.2, 0) is 19.1 Å². The summed E-state index contributed by atoms with van der Waals surface area (Å²) in [6.45, 7) is 2.26. The number of unbranched alkanes of at least 4 members (excludes halogenated alkanes) is 12. The first kappa shape index (κ1) is 23.9. The van der Waals surface area contributed by atoms with Crippen molar-refractivity contribution in [3.8, 4) is 0 Å². The molecule has 25 heavy (non-hydrogen) atoms. The van der Waals surface area contributed by atoms with Gasteiger partial charge < -0.3 is 9.47 Å². The van der Waals surface area contributed by atoms with Crippen LogP contribution in [0.15, 0.2) is 0 Å². The van der Waals surface area contributed by atoms with Gasteiger partial charge in [-0.3, -0.25) is 9.59 Å². The van der Waals surface area contributed by atoms with Gasteiger partial charge in [-0.05, 0) is 6.42 Å². The summed E-state index contributed by atoms with van der Waals surface area (Å²) in [7, 11) is 2.72. The minimum Gasteiger partial charge on any atom is -0.469 e. The van der Waals surface area contributed by atoms with E-state index in [-0.39, 0.29) is 24.3 Å². The summed E-state index contributed by atoms with van der Waals surface area (Å²) in [6.07, 6.45) is 17.7. The molecule has 0 rings (SSSR count). The maximum absolute atomic E-state index is 11.7. The van der Waals surface area contributed by atoms with Gasteiger partial charge in [0, 0.05) is 0 Å². The zero-order valence-electron chi connectivity index (χ0n) is 16.8. The van der Waals surface area contributed by atoms with Crippen molar-refractivity contribution in [1.29, 1.82) is 0 Å². The highest BCUT2D eigenvalue weighted by Crippen LogP contribution is 2.18. The molecule has 0 aromatic carbocycles. The van der Waals surface area contributed by atoms with Crippen LogP contribution >= 0.6 is 0 Å². The summed E-state index contributed by atoms with van der Waals surface area (Å²) in [5, 5.41) is 0. The van der Waals surface area contributed by atoms with Crippen molar-refractivity contribution in [3.05, 3.63) is 0 Å². The third kappa shape index (κ3) is 14.9. The van der Waals surface area contributed by atoms with Gasteiger partial charge in [-0.25, -0.2) is 0 Å². The van der Waals surface area contributed by atoms with Crippen LogP contribution in [0, 0.1) is 5.92 Å². The van der Waals surface area contributed by atoms with E-state index in [1.165, 1.54) is 84.8 Å². The Morgan fingerprint density at radius 2 is 1.12 bits per heavy atom. The second kappa shape index (κ2) is 17.8. The van der Waals surface area contributed by atoms with Crippen molar-refractivity contribution < 1.29 is 19.1 Å². The van der Waals surface area contributed by atoms with E-state index in [4.69, 9.17) is 4.74 Å². The Hall–Kier alpha value is -1.06. The van der Waals surface area contributed by atoms with Crippen molar-refractivity contribution in [2.45, 2.75) is 103 Å². The van der Waals surface area contributed by atoms with E-state index < -0.39 is 0 Å². The minimum absolute atomic E-state index is 0.126. The van der Waals surface area contributed by atoms with E-state index in [0.29, 0.717) is 6.42 Å². The average Bonchev–Trinajstić information content (AvgIpc) is 2.63. The van der Waals surface area contributed by atoms with E-state index in [9.17, 15) is 9.59 Å². The minimum atomic E-state index is -0.356. The maximum Gasteiger partial charge on any atom is 0.309 e. The number of methoxy groups -OCH3 is 2. The topological polar surface area (TPSA) is 52.6 Å². The first-order valence-corrected chi connectivity index (χ1v) is 10.3. The predicted molar refractivity (Wildman–Crippen MR) is 102 cm³/mol. The van der Waals surface area contributed by atoms with Gasteiger partial charge in [0.1, 0.15) is 0 Å². The number of hydrogen-bond acceptors (Lipinski definition) is 4. The quantitative estimate of drug-likeness (QED) is 0.243. The van der Waals surface area contributed by atoms with Crippen molar-refractivity contribution >= 4 is 11.9 Å². The van der Waals surface area contributed by atoms with E-state index >= 15 is 0 Å². The number of carbonyl (C=O) groups is 2. The molecule has 1 atom stereocenters. The van der Waals surface area contributed by atoms with Crippen LogP contribution in [0.4, 0.5) is 0 Å². The summed E-state index contributed by atoms with van der Waals surface area (Å²) in [6, 6.07) is 0. The molecule has 0 saturated carbocycles. The van der Waals surface area contributed by atoms with Crippen molar-refractivity contribution in [2.24, 2.45) is 5.92 Å². The van der Waals surface area contributed by atoms with Gasteiger partial charge in [0.15, 0.2) is 0 Å². The van der Waals surface area contributed by atoms with Crippen LogP contribution < -0.4 is 0 Å². The second-order valence-electron chi connectivity index (χ2n) is 7.03. The van der Waals surface area contributed by atoms with Crippen molar-refractivity contribution in [2.75, 3.05) is 14.2 Å². The molecular formula is C21H40O4. The third-order valence-electron chi connectivity index (χ3n) is 4.83. The zero-order chi connectivity index (χ0) is 18.8. The third-order valence-corrected chi connectivity index (χ3v) is 4.83. The number of carbonyl (C=O) groups excluding carboxylic acids is 2. The molecule has 0 aliphatic carbocycles. The number of esters is 2. The van der Waals surface area contributed by atoms with E-state index in [1.54, 1.807) is 0 Å². The van der Waals surface area contributed by atoms with Crippen LogP contribution in [0.2, 0.25) is 0 Å². The number of hydrogen-bond donors (Lipinski definition) is 0. The van der Waals surface area contributed by atoms with Gasteiger partial charge in [0.05, 0.1) is 26.6 Å². The fraction of sp³-hybridized carbons (Fsp3) is 0.905.